The highest BCUT2D eigenvalue weighted by atomic mass is 16.6. The minimum absolute atomic E-state index is 0.108. The van der Waals surface area contributed by atoms with Gasteiger partial charge in [0.2, 0.25) is 0 Å². The lowest BCUT2D eigenvalue weighted by Crippen LogP contribution is -2.07. The average Bonchev–Trinajstić information content (AvgIpc) is 2.25. The van der Waals surface area contributed by atoms with Crippen LogP contribution >= 0.6 is 0 Å². The predicted octanol–water partition coefficient (Wildman–Crippen LogP) is 2.32. The van der Waals surface area contributed by atoms with E-state index in [2.05, 4.69) is 0 Å². The molecule has 0 saturated heterocycles. The molecule has 82 valence electrons. The second-order valence-electron chi connectivity index (χ2n) is 3.55. The van der Waals surface area contributed by atoms with E-state index in [1.54, 1.807) is 13.8 Å². The number of aryl methyl sites for hydroxylation is 1. The number of fused-ring (bicyclic) bond motifs is 1. The second kappa shape index (κ2) is 3.44. The highest BCUT2D eigenvalue weighted by Crippen LogP contribution is 2.20. The Morgan fingerprint density at radius 3 is 2.62 bits per heavy atom. The molecule has 0 aliphatic heterocycles. The number of nitro groups is 1. The minimum Gasteiger partial charge on any atom is -0.461 e. The summed E-state index contributed by atoms with van der Waals surface area (Å²) in [7, 11) is 0. The molecular formula is C11H9NO4. The van der Waals surface area contributed by atoms with E-state index in [0.29, 0.717) is 16.9 Å². The van der Waals surface area contributed by atoms with E-state index >= 15 is 0 Å². The molecule has 0 amide bonds. The molecule has 0 spiro atoms. The lowest BCUT2D eigenvalue weighted by Gasteiger charge is -2.01. The first-order valence-corrected chi connectivity index (χ1v) is 4.69. The van der Waals surface area contributed by atoms with Gasteiger partial charge in [-0.25, -0.2) is 0 Å². The fraction of sp³-hybridized carbons (Fsp3) is 0.182. The van der Waals surface area contributed by atoms with Gasteiger partial charge in [-0.3, -0.25) is 14.9 Å². The van der Waals surface area contributed by atoms with Crippen molar-refractivity contribution < 1.29 is 9.34 Å². The standard InChI is InChI=1S/C11H9NO4/c1-6-7(2)16-10-4-3-8(12(14)15)5-9(10)11(6)13/h3-5H,1-2H3. The molecule has 0 radical (unpaired) electrons. The van der Waals surface area contributed by atoms with Crippen molar-refractivity contribution in [3.8, 4) is 0 Å². The smallest absolute Gasteiger partial charge is 0.270 e. The van der Waals surface area contributed by atoms with E-state index < -0.39 is 4.92 Å². The van der Waals surface area contributed by atoms with Crippen LogP contribution in [-0.4, -0.2) is 4.92 Å². The van der Waals surface area contributed by atoms with Crippen LogP contribution in [0.5, 0.6) is 0 Å². The third-order valence-corrected chi connectivity index (χ3v) is 2.55. The van der Waals surface area contributed by atoms with Crippen molar-refractivity contribution in [2.75, 3.05) is 0 Å². The molecule has 0 saturated carbocycles. The Labute approximate surface area is 90.5 Å². The second-order valence-corrected chi connectivity index (χ2v) is 3.55. The number of nitro benzene ring substituents is 1. The van der Waals surface area contributed by atoms with Gasteiger partial charge in [0.1, 0.15) is 11.3 Å². The van der Waals surface area contributed by atoms with Crippen molar-refractivity contribution in [1.82, 2.24) is 0 Å². The predicted molar refractivity (Wildman–Crippen MR) is 58.6 cm³/mol. The van der Waals surface area contributed by atoms with Crippen LogP contribution in [0.3, 0.4) is 0 Å². The number of non-ortho nitro benzene ring substituents is 1. The maximum Gasteiger partial charge on any atom is 0.270 e. The van der Waals surface area contributed by atoms with E-state index in [4.69, 9.17) is 4.42 Å². The molecule has 0 unspecified atom stereocenters. The Hall–Kier alpha value is -2.17. The molecule has 0 fully saturated rings. The summed E-state index contributed by atoms with van der Waals surface area (Å²) in [4.78, 5) is 21.9. The quantitative estimate of drug-likeness (QED) is 0.545. The highest BCUT2D eigenvalue weighted by Gasteiger charge is 2.12. The highest BCUT2D eigenvalue weighted by molar-refractivity contribution is 5.79. The first kappa shape index (κ1) is 10.4. The Kier molecular flexibility index (Phi) is 2.23. The van der Waals surface area contributed by atoms with Crippen LogP contribution in [0, 0.1) is 24.0 Å². The van der Waals surface area contributed by atoms with Crippen molar-refractivity contribution in [1.29, 1.82) is 0 Å². The van der Waals surface area contributed by atoms with Gasteiger partial charge in [-0.05, 0) is 19.9 Å². The average molecular weight is 219 g/mol. The third-order valence-electron chi connectivity index (χ3n) is 2.55. The van der Waals surface area contributed by atoms with Crippen LogP contribution in [0.25, 0.3) is 11.0 Å². The van der Waals surface area contributed by atoms with Crippen LogP contribution in [0.2, 0.25) is 0 Å². The van der Waals surface area contributed by atoms with Crippen molar-refractivity contribution in [3.63, 3.8) is 0 Å². The molecule has 2 rings (SSSR count). The number of rotatable bonds is 1. The zero-order valence-electron chi connectivity index (χ0n) is 8.81. The number of hydrogen-bond acceptors (Lipinski definition) is 4. The van der Waals surface area contributed by atoms with Gasteiger partial charge >= 0.3 is 0 Å². The van der Waals surface area contributed by atoms with Crippen molar-refractivity contribution >= 4 is 16.7 Å². The van der Waals surface area contributed by atoms with Gasteiger partial charge in [0.15, 0.2) is 5.43 Å². The van der Waals surface area contributed by atoms with Gasteiger partial charge in [0, 0.05) is 17.7 Å². The lowest BCUT2D eigenvalue weighted by molar-refractivity contribution is -0.384. The molecule has 0 aliphatic carbocycles. The molecule has 1 aromatic heterocycles. The Morgan fingerprint density at radius 2 is 2.00 bits per heavy atom. The number of benzene rings is 1. The molecule has 16 heavy (non-hydrogen) atoms. The molecule has 1 aromatic carbocycles. The summed E-state index contributed by atoms with van der Waals surface area (Å²) in [6.07, 6.45) is 0. The van der Waals surface area contributed by atoms with E-state index in [-0.39, 0.29) is 16.5 Å². The zero-order chi connectivity index (χ0) is 11.9. The zero-order valence-corrected chi connectivity index (χ0v) is 8.81. The monoisotopic (exact) mass is 219 g/mol. The van der Waals surface area contributed by atoms with Crippen molar-refractivity contribution in [2.24, 2.45) is 0 Å². The van der Waals surface area contributed by atoms with Crippen LogP contribution in [-0.2, 0) is 0 Å². The van der Waals surface area contributed by atoms with Crippen LogP contribution in [0.4, 0.5) is 5.69 Å². The fourth-order valence-corrected chi connectivity index (χ4v) is 1.50. The topological polar surface area (TPSA) is 73.3 Å². The summed E-state index contributed by atoms with van der Waals surface area (Å²) in [5, 5.41) is 10.8. The summed E-state index contributed by atoms with van der Waals surface area (Å²) < 4.78 is 5.39. The fourth-order valence-electron chi connectivity index (χ4n) is 1.50. The van der Waals surface area contributed by atoms with Gasteiger partial charge in [-0.2, -0.15) is 0 Å². The van der Waals surface area contributed by atoms with Gasteiger partial charge in [-0.1, -0.05) is 0 Å². The maximum absolute atomic E-state index is 11.8. The van der Waals surface area contributed by atoms with E-state index in [9.17, 15) is 14.9 Å². The van der Waals surface area contributed by atoms with Crippen molar-refractivity contribution in [2.45, 2.75) is 13.8 Å². The van der Waals surface area contributed by atoms with Crippen LogP contribution in [0.1, 0.15) is 11.3 Å². The van der Waals surface area contributed by atoms with Crippen molar-refractivity contribution in [3.05, 3.63) is 49.9 Å². The molecular weight excluding hydrogens is 210 g/mol. The molecule has 1 heterocycles. The summed E-state index contributed by atoms with van der Waals surface area (Å²) in [6.45, 7) is 3.33. The summed E-state index contributed by atoms with van der Waals surface area (Å²) in [5.74, 6) is 0.534. The van der Waals surface area contributed by atoms with Crippen LogP contribution < -0.4 is 5.43 Å². The molecule has 5 nitrogen and oxygen atoms in total. The number of hydrogen-bond donors (Lipinski definition) is 0. The van der Waals surface area contributed by atoms with Crippen LogP contribution in [0.15, 0.2) is 27.4 Å². The normalized spacial score (nSPS) is 10.6. The maximum atomic E-state index is 11.8. The molecule has 0 bridgehead atoms. The lowest BCUT2D eigenvalue weighted by atomic mass is 10.1. The Balaban J connectivity index is 2.88. The molecule has 2 aromatic rings. The van der Waals surface area contributed by atoms with Gasteiger partial charge in [0.05, 0.1) is 10.3 Å². The Bertz CT molecular complexity index is 642. The van der Waals surface area contributed by atoms with Gasteiger partial charge in [-0.15, -0.1) is 0 Å². The van der Waals surface area contributed by atoms with E-state index in [0.717, 1.165) is 0 Å². The summed E-state index contributed by atoms with van der Waals surface area (Å²) in [6, 6.07) is 4.01. The molecule has 0 aliphatic rings. The molecule has 0 N–H and O–H groups in total. The summed E-state index contributed by atoms with van der Waals surface area (Å²) in [5.41, 5.74) is 0.525. The van der Waals surface area contributed by atoms with Gasteiger partial charge < -0.3 is 4.42 Å². The first-order chi connectivity index (χ1) is 7.50. The van der Waals surface area contributed by atoms with E-state index in [1.165, 1.54) is 18.2 Å². The summed E-state index contributed by atoms with van der Waals surface area (Å²) >= 11 is 0. The number of nitrogens with zero attached hydrogens (tertiary/aromatic N) is 1. The minimum atomic E-state index is -0.534. The molecule has 0 atom stereocenters. The Morgan fingerprint density at radius 1 is 1.31 bits per heavy atom. The third kappa shape index (κ3) is 1.46. The SMILES string of the molecule is Cc1oc2ccc([N+](=O)[O-])cc2c(=O)c1C. The van der Waals surface area contributed by atoms with E-state index in [1.807, 2.05) is 0 Å². The first-order valence-electron chi connectivity index (χ1n) is 4.69. The largest absolute Gasteiger partial charge is 0.461 e. The van der Waals surface area contributed by atoms with Gasteiger partial charge in [0.25, 0.3) is 5.69 Å². The molecule has 5 heteroatoms.